The topological polar surface area (TPSA) is 65.0 Å². The monoisotopic (exact) mass is 320 g/mol. The normalized spacial score (nSPS) is 20.3. The van der Waals surface area contributed by atoms with Crippen LogP contribution in [0.5, 0.6) is 5.75 Å². The molecule has 0 saturated carbocycles. The maximum atomic E-state index is 11.4. The Labute approximate surface area is 138 Å². The molecule has 0 amide bonds. The average Bonchev–Trinajstić information content (AvgIpc) is 2.66. The van der Waals surface area contributed by atoms with E-state index in [9.17, 15) is 9.90 Å². The first kappa shape index (κ1) is 17.8. The van der Waals surface area contributed by atoms with E-state index in [1.54, 1.807) is 0 Å². The maximum Gasteiger partial charge on any atom is 0.466 e. The molecule has 23 heavy (non-hydrogen) atoms. The molecule has 1 unspecified atom stereocenters. The van der Waals surface area contributed by atoms with E-state index in [2.05, 4.69) is 0 Å². The maximum absolute atomic E-state index is 11.4. The Morgan fingerprint density at radius 2 is 1.78 bits per heavy atom. The fraction of sp³-hybridized carbons (Fsp3) is 0.588. The zero-order valence-electron chi connectivity index (χ0n) is 14.5. The van der Waals surface area contributed by atoms with Crippen LogP contribution in [-0.4, -0.2) is 36.0 Å². The second kappa shape index (κ2) is 6.53. The van der Waals surface area contributed by atoms with Crippen molar-refractivity contribution in [3.63, 3.8) is 0 Å². The molecule has 2 rings (SSSR count). The van der Waals surface area contributed by atoms with Gasteiger partial charge in [-0.25, -0.2) is 0 Å². The van der Waals surface area contributed by atoms with Gasteiger partial charge in [-0.1, -0.05) is 18.2 Å². The minimum atomic E-state index is -0.893. The number of aliphatic carboxylic acids is 1. The van der Waals surface area contributed by atoms with E-state index in [4.69, 9.17) is 14.0 Å². The number of para-hydroxylation sites is 1. The lowest BCUT2D eigenvalue weighted by Gasteiger charge is -2.32. The number of carboxylic acid groups (broad SMARTS) is 1. The molecule has 126 valence electrons. The third-order valence-electron chi connectivity index (χ3n) is 4.61. The van der Waals surface area contributed by atoms with E-state index < -0.39 is 30.1 Å². The van der Waals surface area contributed by atoms with Crippen LogP contribution in [0, 0.1) is 0 Å². The number of ether oxygens (including phenoxy) is 1. The van der Waals surface area contributed by atoms with Crippen LogP contribution >= 0.6 is 0 Å². The highest BCUT2D eigenvalue weighted by Crippen LogP contribution is 2.43. The predicted molar refractivity (Wildman–Crippen MR) is 88.7 cm³/mol. The first-order valence-electron chi connectivity index (χ1n) is 7.97. The highest BCUT2D eigenvalue weighted by molar-refractivity contribution is 6.48. The van der Waals surface area contributed by atoms with Crippen LogP contribution in [-0.2, 0) is 14.1 Å². The smallest absolute Gasteiger partial charge is 0.466 e. The largest absolute Gasteiger partial charge is 0.494 e. The van der Waals surface area contributed by atoms with Crippen molar-refractivity contribution in [1.82, 2.24) is 0 Å². The fourth-order valence-electron chi connectivity index (χ4n) is 2.67. The van der Waals surface area contributed by atoms with E-state index in [1.165, 1.54) is 0 Å². The predicted octanol–water partition coefficient (Wildman–Crippen LogP) is 3.28. The van der Waals surface area contributed by atoms with Crippen molar-refractivity contribution >= 4 is 13.1 Å². The Morgan fingerprint density at radius 3 is 2.30 bits per heavy atom. The highest BCUT2D eigenvalue weighted by atomic mass is 16.7. The van der Waals surface area contributed by atoms with Gasteiger partial charge in [0.1, 0.15) is 5.75 Å². The van der Waals surface area contributed by atoms with Crippen molar-refractivity contribution in [3.8, 4) is 5.75 Å². The molecule has 0 aromatic heterocycles. The van der Waals surface area contributed by atoms with E-state index in [0.29, 0.717) is 12.4 Å². The molecule has 0 bridgehead atoms. The molecular formula is C17H25BO5. The van der Waals surface area contributed by atoms with E-state index in [1.807, 2.05) is 58.9 Å². The third kappa shape index (κ3) is 3.70. The molecule has 1 aliphatic rings. The SMILES string of the molecule is CCOc1ccccc1C(CC(=O)O)B1OC(C)(C)C(C)(C)O1. The number of hydrogen-bond acceptors (Lipinski definition) is 4. The Bertz CT molecular complexity index is 554. The summed E-state index contributed by atoms with van der Waals surface area (Å²) in [7, 11) is -0.627. The van der Waals surface area contributed by atoms with Crippen LogP contribution in [0.1, 0.15) is 52.4 Å². The summed E-state index contributed by atoms with van der Waals surface area (Å²) in [5.74, 6) is -0.650. The second-order valence-corrected chi connectivity index (χ2v) is 6.80. The third-order valence-corrected chi connectivity index (χ3v) is 4.61. The number of rotatable bonds is 6. The van der Waals surface area contributed by atoms with Gasteiger partial charge in [0.05, 0.1) is 24.2 Å². The van der Waals surface area contributed by atoms with Crippen molar-refractivity contribution in [2.75, 3.05) is 6.61 Å². The molecular weight excluding hydrogens is 295 g/mol. The van der Waals surface area contributed by atoms with Gasteiger partial charge in [-0.2, -0.15) is 0 Å². The molecule has 1 fully saturated rings. The number of carbonyl (C=O) groups is 1. The van der Waals surface area contributed by atoms with E-state index in [-0.39, 0.29) is 6.42 Å². The van der Waals surface area contributed by atoms with Crippen LogP contribution < -0.4 is 4.74 Å². The van der Waals surface area contributed by atoms with Gasteiger partial charge in [-0.15, -0.1) is 0 Å². The molecule has 0 spiro atoms. The van der Waals surface area contributed by atoms with Crippen molar-refractivity contribution in [3.05, 3.63) is 29.8 Å². The van der Waals surface area contributed by atoms with Gasteiger partial charge in [-0.3, -0.25) is 4.79 Å². The molecule has 6 heteroatoms. The first-order valence-corrected chi connectivity index (χ1v) is 7.97. The van der Waals surface area contributed by atoms with Gasteiger partial charge in [0.15, 0.2) is 0 Å². The molecule has 1 saturated heterocycles. The highest BCUT2D eigenvalue weighted by Gasteiger charge is 2.54. The molecule has 1 atom stereocenters. The molecule has 5 nitrogen and oxygen atoms in total. The summed E-state index contributed by atoms with van der Waals surface area (Å²) in [6.07, 6.45) is -0.0824. The lowest BCUT2D eigenvalue weighted by Crippen LogP contribution is -2.41. The molecule has 1 heterocycles. The molecule has 1 aromatic rings. The first-order chi connectivity index (χ1) is 10.7. The summed E-state index contributed by atoms with van der Waals surface area (Å²) in [5, 5.41) is 9.33. The number of carboxylic acids is 1. The minimum absolute atomic E-state index is 0.0824. The molecule has 1 aromatic carbocycles. The van der Waals surface area contributed by atoms with Gasteiger partial charge in [0.2, 0.25) is 0 Å². The second-order valence-electron chi connectivity index (χ2n) is 6.80. The summed E-state index contributed by atoms with van der Waals surface area (Å²) in [5.41, 5.74) is -0.209. The van der Waals surface area contributed by atoms with Gasteiger partial charge < -0.3 is 19.2 Å². The van der Waals surface area contributed by atoms with Crippen molar-refractivity contribution in [2.45, 2.75) is 58.1 Å². The Kier molecular flexibility index (Phi) is 5.06. The van der Waals surface area contributed by atoms with Crippen LogP contribution in [0.2, 0.25) is 0 Å². The van der Waals surface area contributed by atoms with Crippen LogP contribution in [0.4, 0.5) is 0 Å². The van der Waals surface area contributed by atoms with Gasteiger partial charge in [0, 0.05) is 5.82 Å². The van der Waals surface area contributed by atoms with Crippen molar-refractivity contribution in [1.29, 1.82) is 0 Å². The Morgan fingerprint density at radius 1 is 1.22 bits per heavy atom. The van der Waals surface area contributed by atoms with Gasteiger partial charge in [0.25, 0.3) is 0 Å². The zero-order valence-corrected chi connectivity index (χ0v) is 14.5. The zero-order chi connectivity index (χ0) is 17.3. The average molecular weight is 320 g/mol. The van der Waals surface area contributed by atoms with E-state index in [0.717, 1.165) is 5.56 Å². The number of hydrogen-bond donors (Lipinski definition) is 1. The molecule has 1 N–H and O–H groups in total. The lowest BCUT2D eigenvalue weighted by molar-refractivity contribution is -0.137. The summed E-state index contributed by atoms with van der Waals surface area (Å²) >= 11 is 0. The minimum Gasteiger partial charge on any atom is -0.494 e. The lowest BCUT2D eigenvalue weighted by atomic mass is 9.66. The summed E-state index contributed by atoms with van der Waals surface area (Å²) in [4.78, 5) is 11.4. The quantitative estimate of drug-likeness (QED) is 0.815. The Balaban J connectivity index is 2.38. The molecule has 0 aliphatic carbocycles. The standard InChI is InChI=1S/C17H25BO5/c1-6-21-14-10-8-7-9-12(14)13(11-15(19)20)18-22-16(2,3)17(4,5)23-18/h7-10,13H,6,11H2,1-5H3,(H,19,20). The summed E-state index contributed by atoms with van der Waals surface area (Å²) in [6.45, 7) is 10.2. The van der Waals surface area contributed by atoms with Crippen LogP contribution in [0.3, 0.4) is 0 Å². The van der Waals surface area contributed by atoms with Gasteiger partial charge >= 0.3 is 13.1 Å². The summed E-state index contributed by atoms with van der Waals surface area (Å²) in [6, 6.07) is 7.47. The van der Waals surface area contributed by atoms with E-state index >= 15 is 0 Å². The van der Waals surface area contributed by atoms with Gasteiger partial charge in [-0.05, 0) is 46.2 Å². The van der Waals surface area contributed by atoms with Crippen LogP contribution in [0.15, 0.2) is 24.3 Å². The number of benzene rings is 1. The molecule has 0 radical (unpaired) electrons. The Hall–Kier alpha value is -1.53. The van der Waals surface area contributed by atoms with Crippen molar-refractivity contribution < 1.29 is 23.9 Å². The fourth-order valence-corrected chi connectivity index (χ4v) is 2.67. The van der Waals surface area contributed by atoms with Crippen molar-refractivity contribution in [2.24, 2.45) is 0 Å². The summed E-state index contributed by atoms with van der Waals surface area (Å²) < 4.78 is 17.8. The molecule has 1 aliphatic heterocycles. The van der Waals surface area contributed by atoms with Crippen LogP contribution in [0.25, 0.3) is 0 Å².